The second-order valence-electron chi connectivity index (χ2n) is 7.38. The Morgan fingerprint density at radius 2 is 2.04 bits per heavy atom. The van der Waals surface area contributed by atoms with Gasteiger partial charge < -0.3 is 14.7 Å². The molecule has 1 aliphatic heterocycles. The average Bonchev–Trinajstić information content (AvgIpc) is 2.85. The molecule has 1 fully saturated rings. The van der Waals surface area contributed by atoms with Gasteiger partial charge in [0.1, 0.15) is 5.76 Å². The lowest BCUT2D eigenvalue weighted by molar-refractivity contribution is 0.196. The maximum atomic E-state index is 12.7. The monoisotopic (exact) mass is 355 g/mol. The Balaban J connectivity index is 1.53. The van der Waals surface area contributed by atoms with Crippen molar-refractivity contribution in [3.8, 4) is 0 Å². The van der Waals surface area contributed by atoms with Gasteiger partial charge in [0.15, 0.2) is 0 Å². The molecule has 3 rings (SSSR count). The van der Waals surface area contributed by atoms with Gasteiger partial charge in [-0.3, -0.25) is 0 Å². The number of hydrogen-bond donors (Lipinski definition) is 1. The summed E-state index contributed by atoms with van der Waals surface area (Å²) in [6.45, 7) is 7.53. The van der Waals surface area contributed by atoms with Crippen molar-refractivity contribution in [2.24, 2.45) is 0 Å². The van der Waals surface area contributed by atoms with Crippen LogP contribution in [0.4, 0.5) is 4.79 Å². The summed E-state index contributed by atoms with van der Waals surface area (Å²) < 4.78 is 5.21. The van der Waals surface area contributed by atoms with E-state index < -0.39 is 0 Å². The maximum absolute atomic E-state index is 12.7. The zero-order valence-electron chi connectivity index (χ0n) is 16.0. The molecule has 26 heavy (non-hydrogen) atoms. The molecule has 2 amide bonds. The summed E-state index contributed by atoms with van der Waals surface area (Å²) >= 11 is 0. The largest absolute Gasteiger partial charge is 0.361 e. The van der Waals surface area contributed by atoms with Gasteiger partial charge in [-0.25, -0.2) is 4.79 Å². The standard InChI is InChI=1S/C21H29N3O2/c1-15(14-20-16(2)23-26-17(20)3)22-21(25)24-12-7-10-19(11-13-24)18-8-5-4-6-9-18/h4-6,8-9,15,19H,7,10-14H2,1-3H3,(H,22,25)/t15-,19+/m0/s1. The fourth-order valence-electron chi connectivity index (χ4n) is 3.81. The lowest BCUT2D eigenvalue weighted by Crippen LogP contribution is -2.45. The fourth-order valence-corrected chi connectivity index (χ4v) is 3.81. The van der Waals surface area contributed by atoms with Crippen molar-refractivity contribution in [3.05, 3.63) is 52.9 Å². The zero-order chi connectivity index (χ0) is 18.5. The molecule has 0 saturated carbocycles. The van der Waals surface area contributed by atoms with Gasteiger partial charge in [0.2, 0.25) is 0 Å². The van der Waals surface area contributed by atoms with Gasteiger partial charge >= 0.3 is 6.03 Å². The molecule has 0 unspecified atom stereocenters. The minimum absolute atomic E-state index is 0.0398. The van der Waals surface area contributed by atoms with Crippen LogP contribution in [0.1, 0.15) is 54.7 Å². The first-order valence-corrected chi connectivity index (χ1v) is 9.56. The van der Waals surface area contributed by atoms with Crippen LogP contribution in [0.5, 0.6) is 0 Å². The minimum Gasteiger partial charge on any atom is -0.361 e. The molecule has 1 aliphatic rings. The highest BCUT2D eigenvalue weighted by atomic mass is 16.5. The van der Waals surface area contributed by atoms with Gasteiger partial charge in [-0.1, -0.05) is 35.5 Å². The van der Waals surface area contributed by atoms with E-state index in [9.17, 15) is 4.79 Å². The molecular weight excluding hydrogens is 326 g/mol. The smallest absolute Gasteiger partial charge is 0.317 e. The molecule has 0 bridgehead atoms. The van der Waals surface area contributed by atoms with Crippen LogP contribution in [0.3, 0.4) is 0 Å². The van der Waals surface area contributed by atoms with E-state index in [1.54, 1.807) is 0 Å². The van der Waals surface area contributed by atoms with Crippen LogP contribution in [-0.2, 0) is 6.42 Å². The van der Waals surface area contributed by atoms with Crippen molar-refractivity contribution in [1.29, 1.82) is 0 Å². The number of amides is 2. The molecule has 5 nitrogen and oxygen atoms in total. The molecule has 2 aromatic rings. The number of aryl methyl sites for hydroxylation is 2. The third-order valence-electron chi connectivity index (χ3n) is 5.35. The second kappa shape index (κ2) is 8.39. The molecule has 1 aromatic carbocycles. The molecule has 2 heterocycles. The lowest BCUT2D eigenvalue weighted by atomic mass is 9.92. The van der Waals surface area contributed by atoms with Crippen molar-refractivity contribution in [1.82, 2.24) is 15.4 Å². The number of likely N-dealkylation sites (tertiary alicyclic amines) is 1. The summed E-state index contributed by atoms with van der Waals surface area (Å²) in [5.41, 5.74) is 3.39. The van der Waals surface area contributed by atoms with E-state index in [0.29, 0.717) is 5.92 Å². The van der Waals surface area contributed by atoms with E-state index in [2.05, 4.69) is 40.8 Å². The van der Waals surface area contributed by atoms with Gasteiger partial charge in [-0.2, -0.15) is 0 Å². The number of aromatic nitrogens is 1. The summed E-state index contributed by atoms with van der Waals surface area (Å²) in [6, 6.07) is 10.7. The molecule has 1 saturated heterocycles. The van der Waals surface area contributed by atoms with Gasteiger partial charge in [0.25, 0.3) is 0 Å². The fraction of sp³-hybridized carbons (Fsp3) is 0.524. The lowest BCUT2D eigenvalue weighted by Gasteiger charge is -2.24. The molecule has 5 heteroatoms. The van der Waals surface area contributed by atoms with Gasteiger partial charge in [0, 0.05) is 24.7 Å². The van der Waals surface area contributed by atoms with Crippen LogP contribution in [-0.4, -0.2) is 35.2 Å². The summed E-state index contributed by atoms with van der Waals surface area (Å²) in [5.74, 6) is 1.39. The van der Waals surface area contributed by atoms with Crippen LogP contribution >= 0.6 is 0 Å². The first-order chi connectivity index (χ1) is 12.5. The van der Waals surface area contributed by atoms with Crippen LogP contribution in [0, 0.1) is 13.8 Å². The summed E-state index contributed by atoms with van der Waals surface area (Å²) in [4.78, 5) is 14.6. The normalized spacial score (nSPS) is 19.0. The molecule has 140 valence electrons. The summed E-state index contributed by atoms with van der Waals surface area (Å²) in [7, 11) is 0. The number of carbonyl (C=O) groups excluding carboxylic acids is 1. The van der Waals surface area contributed by atoms with Crippen molar-refractivity contribution in [3.63, 3.8) is 0 Å². The number of urea groups is 1. The first kappa shape index (κ1) is 18.5. The average molecular weight is 355 g/mol. The van der Waals surface area contributed by atoms with E-state index in [0.717, 1.165) is 55.8 Å². The Kier molecular flexibility index (Phi) is 5.96. The van der Waals surface area contributed by atoms with Gasteiger partial charge in [0.05, 0.1) is 5.69 Å². The Morgan fingerprint density at radius 1 is 1.27 bits per heavy atom. The van der Waals surface area contributed by atoms with Gasteiger partial charge in [-0.05, 0) is 57.9 Å². The Labute approximate surface area is 155 Å². The van der Waals surface area contributed by atoms with Crippen molar-refractivity contribution >= 4 is 6.03 Å². The second-order valence-corrected chi connectivity index (χ2v) is 7.38. The predicted octanol–water partition coefficient (Wildman–Crippen LogP) is 4.20. The highest BCUT2D eigenvalue weighted by Gasteiger charge is 2.23. The van der Waals surface area contributed by atoms with Crippen LogP contribution in [0.25, 0.3) is 0 Å². The summed E-state index contributed by atoms with van der Waals surface area (Å²) in [5, 5.41) is 7.13. The van der Waals surface area contributed by atoms with Crippen molar-refractivity contribution < 1.29 is 9.32 Å². The Hall–Kier alpha value is -2.30. The number of hydrogen-bond acceptors (Lipinski definition) is 3. The topological polar surface area (TPSA) is 58.4 Å². The molecule has 1 aromatic heterocycles. The quantitative estimate of drug-likeness (QED) is 0.894. The molecule has 0 aliphatic carbocycles. The van der Waals surface area contributed by atoms with Crippen molar-refractivity contribution in [2.45, 2.75) is 58.4 Å². The Morgan fingerprint density at radius 3 is 2.73 bits per heavy atom. The molecule has 0 spiro atoms. The number of nitrogens with zero attached hydrogens (tertiary/aromatic N) is 2. The van der Waals surface area contributed by atoms with Crippen LogP contribution in [0.2, 0.25) is 0 Å². The van der Waals surface area contributed by atoms with E-state index in [4.69, 9.17) is 4.52 Å². The SMILES string of the molecule is Cc1noc(C)c1C[C@H](C)NC(=O)N1CCC[C@@H](c2ccccc2)CC1. The number of rotatable bonds is 4. The number of nitrogens with one attached hydrogen (secondary N) is 1. The number of benzene rings is 1. The van der Waals surface area contributed by atoms with Crippen LogP contribution < -0.4 is 5.32 Å². The molecular formula is C21H29N3O2. The van der Waals surface area contributed by atoms with E-state index in [-0.39, 0.29) is 12.1 Å². The molecule has 2 atom stereocenters. The highest BCUT2D eigenvalue weighted by molar-refractivity contribution is 5.74. The summed E-state index contributed by atoms with van der Waals surface area (Å²) in [6.07, 6.45) is 3.96. The zero-order valence-corrected chi connectivity index (χ0v) is 16.0. The number of carbonyl (C=O) groups is 1. The van der Waals surface area contributed by atoms with Gasteiger partial charge in [-0.15, -0.1) is 0 Å². The van der Waals surface area contributed by atoms with Crippen LogP contribution in [0.15, 0.2) is 34.9 Å². The maximum Gasteiger partial charge on any atom is 0.317 e. The van der Waals surface area contributed by atoms with Crippen molar-refractivity contribution in [2.75, 3.05) is 13.1 Å². The highest BCUT2D eigenvalue weighted by Crippen LogP contribution is 2.27. The molecule has 0 radical (unpaired) electrons. The third kappa shape index (κ3) is 4.45. The predicted molar refractivity (Wildman–Crippen MR) is 102 cm³/mol. The van der Waals surface area contributed by atoms with E-state index in [1.807, 2.05) is 25.7 Å². The minimum atomic E-state index is 0.0398. The Bertz CT molecular complexity index is 707. The van der Waals surface area contributed by atoms with E-state index in [1.165, 1.54) is 5.56 Å². The first-order valence-electron chi connectivity index (χ1n) is 9.56. The van der Waals surface area contributed by atoms with E-state index >= 15 is 0 Å². The third-order valence-corrected chi connectivity index (χ3v) is 5.35. The molecule has 1 N–H and O–H groups in total.